The highest BCUT2D eigenvalue weighted by atomic mass is 19.1. The van der Waals surface area contributed by atoms with Gasteiger partial charge in [-0.1, -0.05) is 6.07 Å². The van der Waals surface area contributed by atoms with Crippen LogP contribution in [-0.2, 0) is 0 Å². The number of hydrogen-bond donors (Lipinski definition) is 2. The topological polar surface area (TPSA) is 58.4 Å². The summed E-state index contributed by atoms with van der Waals surface area (Å²) >= 11 is 0. The lowest BCUT2D eigenvalue weighted by molar-refractivity contribution is 0.259. The predicted molar refractivity (Wildman–Crippen MR) is 53.9 cm³/mol. The molecule has 0 spiro atoms. The van der Waals surface area contributed by atoms with Gasteiger partial charge in [0.15, 0.2) is 5.82 Å². The summed E-state index contributed by atoms with van der Waals surface area (Å²) < 4.78 is 13.6. The van der Waals surface area contributed by atoms with Crippen molar-refractivity contribution in [3.63, 3.8) is 0 Å². The summed E-state index contributed by atoms with van der Waals surface area (Å²) in [5.74, 6) is -0.490. The molecule has 14 heavy (non-hydrogen) atoms. The summed E-state index contributed by atoms with van der Waals surface area (Å²) in [6, 6.07) is 3.93. The summed E-state index contributed by atoms with van der Waals surface area (Å²) in [6.07, 6.45) is 0. The Bertz CT molecular complexity index is 352. The van der Waals surface area contributed by atoms with Crippen molar-refractivity contribution in [3.05, 3.63) is 24.0 Å². The Kier molecular flexibility index (Phi) is 2.91. The molecule has 0 aliphatic heterocycles. The molecule has 0 fully saturated rings. The first-order valence-corrected chi connectivity index (χ1v) is 4.04. The largest absolute Gasteiger partial charge is 0.375 e. The lowest BCUT2D eigenvalue weighted by Crippen LogP contribution is -2.21. The van der Waals surface area contributed by atoms with Gasteiger partial charge in [-0.25, -0.2) is 9.18 Å². The summed E-state index contributed by atoms with van der Waals surface area (Å²) in [4.78, 5) is 12.1. The first-order valence-electron chi connectivity index (χ1n) is 4.04. The minimum atomic E-state index is -0.778. The van der Waals surface area contributed by atoms with E-state index in [9.17, 15) is 9.18 Å². The quantitative estimate of drug-likeness (QED) is 0.752. The van der Waals surface area contributed by atoms with Crippen LogP contribution in [0.4, 0.5) is 20.6 Å². The Morgan fingerprint density at radius 1 is 1.50 bits per heavy atom. The number of carbonyl (C=O) groups excluding carboxylic acids is 1. The molecular formula is C9H12FN3O. The molecule has 0 saturated heterocycles. The Morgan fingerprint density at radius 2 is 2.14 bits per heavy atom. The van der Waals surface area contributed by atoms with E-state index in [0.29, 0.717) is 5.69 Å². The van der Waals surface area contributed by atoms with Crippen molar-refractivity contribution in [1.82, 2.24) is 0 Å². The van der Waals surface area contributed by atoms with Crippen molar-refractivity contribution in [3.8, 4) is 0 Å². The lowest BCUT2D eigenvalue weighted by atomic mass is 10.2. The fraction of sp³-hybridized carbons (Fsp3) is 0.222. The van der Waals surface area contributed by atoms with Gasteiger partial charge in [-0.05, 0) is 12.1 Å². The molecule has 1 rings (SSSR count). The smallest absolute Gasteiger partial charge is 0.316 e. The second-order valence-corrected chi connectivity index (χ2v) is 3.02. The second-order valence-electron chi connectivity index (χ2n) is 3.02. The molecule has 76 valence electrons. The summed E-state index contributed by atoms with van der Waals surface area (Å²) in [5.41, 5.74) is 5.38. The van der Waals surface area contributed by atoms with Gasteiger partial charge in [0, 0.05) is 14.1 Å². The molecule has 5 heteroatoms. The summed E-state index contributed by atoms with van der Waals surface area (Å²) in [5, 5.41) is 2.21. The van der Waals surface area contributed by atoms with Crippen molar-refractivity contribution < 1.29 is 9.18 Å². The van der Waals surface area contributed by atoms with Crippen LogP contribution in [0.2, 0.25) is 0 Å². The maximum absolute atomic E-state index is 13.6. The van der Waals surface area contributed by atoms with Crippen molar-refractivity contribution in [2.24, 2.45) is 5.73 Å². The molecule has 0 atom stereocenters. The van der Waals surface area contributed by atoms with E-state index < -0.39 is 11.8 Å². The van der Waals surface area contributed by atoms with Crippen molar-refractivity contribution in [2.75, 3.05) is 24.3 Å². The van der Waals surface area contributed by atoms with Crippen LogP contribution in [0.5, 0.6) is 0 Å². The maximum atomic E-state index is 13.6. The number of primary amides is 1. The van der Waals surface area contributed by atoms with Gasteiger partial charge in [-0.3, -0.25) is 0 Å². The Balaban J connectivity index is 3.07. The Morgan fingerprint density at radius 3 is 2.64 bits per heavy atom. The third-order valence-corrected chi connectivity index (χ3v) is 1.72. The number of amides is 2. The van der Waals surface area contributed by atoms with Gasteiger partial charge in [0.1, 0.15) is 0 Å². The summed E-state index contributed by atoms with van der Waals surface area (Å²) in [7, 11) is 3.43. The van der Waals surface area contributed by atoms with Gasteiger partial charge < -0.3 is 16.0 Å². The molecular weight excluding hydrogens is 185 g/mol. The van der Waals surface area contributed by atoms with Gasteiger partial charge in [-0.2, -0.15) is 0 Å². The van der Waals surface area contributed by atoms with Crippen LogP contribution in [0.3, 0.4) is 0 Å². The molecule has 0 heterocycles. The fourth-order valence-electron chi connectivity index (χ4n) is 1.09. The zero-order valence-electron chi connectivity index (χ0n) is 8.04. The van der Waals surface area contributed by atoms with Gasteiger partial charge in [0.25, 0.3) is 0 Å². The molecule has 0 unspecified atom stereocenters. The third-order valence-electron chi connectivity index (χ3n) is 1.72. The molecule has 1 aromatic rings. The highest BCUT2D eigenvalue weighted by Gasteiger charge is 2.09. The molecule has 0 aromatic heterocycles. The fourth-order valence-corrected chi connectivity index (χ4v) is 1.09. The van der Waals surface area contributed by atoms with Gasteiger partial charge in [0.2, 0.25) is 0 Å². The molecule has 0 aliphatic rings. The van der Waals surface area contributed by atoms with Gasteiger partial charge in [-0.15, -0.1) is 0 Å². The molecule has 0 radical (unpaired) electrons. The number of anilines is 2. The maximum Gasteiger partial charge on any atom is 0.316 e. The zero-order valence-corrected chi connectivity index (χ0v) is 8.04. The number of hydrogen-bond acceptors (Lipinski definition) is 2. The number of urea groups is 1. The van der Waals surface area contributed by atoms with Crippen LogP contribution >= 0.6 is 0 Å². The Labute approximate surface area is 81.5 Å². The van der Waals surface area contributed by atoms with E-state index in [-0.39, 0.29) is 5.69 Å². The molecule has 3 N–H and O–H groups in total. The highest BCUT2D eigenvalue weighted by molar-refractivity contribution is 5.88. The zero-order chi connectivity index (χ0) is 10.7. The number of nitrogens with two attached hydrogens (primary N) is 1. The van der Waals surface area contributed by atoms with E-state index in [4.69, 9.17) is 5.73 Å². The second kappa shape index (κ2) is 3.95. The van der Waals surface area contributed by atoms with Crippen LogP contribution in [0.25, 0.3) is 0 Å². The predicted octanol–water partition coefficient (Wildman–Crippen LogP) is 1.38. The highest BCUT2D eigenvalue weighted by Crippen LogP contribution is 2.23. The normalized spacial score (nSPS) is 9.64. The average Bonchev–Trinajstić information content (AvgIpc) is 2.07. The van der Waals surface area contributed by atoms with Gasteiger partial charge >= 0.3 is 6.03 Å². The first kappa shape index (κ1) is 10.3. The van der Waals surface area contributed by atoms with Crippen molar-refractivity contribution in [2.45, 2.75) is 0 Å². The molecule has 0 saturated carbocycles. The number of nitrogens with one attached hydrogen (secondary N) is 1. The Hall–Kier alpha value is -1.78. The van der Waals surface area contributed by atoms with E-state index in [1.165, 1.54) is 6.07 Å². The van der Waals surface area contributed by atoms with Gasteiger partial charge in [0.05, 0.1) is 11.4 Å². The minimum absolute atomic E-state index is 0.0868. The van der Waals surface area contributed by atoms with E-state index in [2.05, 4.69) is 5.32 Å². The summed E-state index contributed by atoms with van der Waals surface area (Å²) in [6.45, 7) is 0. The monoisotopic (exact) mass is 197 g/mol. The first-order chi connectivity index (χ1) is 6.52. The van der Waals surface area contributed by atoms with Crippen LogP contribution in [0.1, 0.15) is 0 Å². The van der Waals surface area contributed by atoms with E-state index >= 15 is 0 Å². The van der Waals surface area contributed by atoms with E-state index in [1.54, 1.807) is 31.1 Å². The van der Waals surface area contributed by atoms with Crippen LogP contribution in [-0.4, -0.2) is 20.1 Å². The van der Waals surface area contributed by atoms with Crippen LogP contribution < -0.4 is 16.0 Å². The van der Waals surface area contributed by atoms with Crippen molar-refractivity contribution >= 4 is 17.4 Å². The van der Waals surface area contributed by atoms with Crippen LogP contribution in [0.15, 0.2) is 18.2 Å². The third kappa shape index (κ3) is 2.12. The molecule has 4 nitrogen and oxygen atoms in total. The number of rotatable bonds is 2. The number of halogens is 1. The minimum Gasteiger partial charge on any atom is -0.375 e. The van der Waals surface area contributed by atoms with E-state index in [0.717, 1.165) is 0 Å². The SMILES string of the molecule is CN(C)c1cccc(NC(N)=O)c1F. The molecule has 2 amide bonds. The number of nitrogens with zero attached hydrogens (tertiary/aromatic N) is 1. The number of benzene rings is 1. The number of carbonyl (C=O) groups is 1. The van der Waals surface area contributed by atoms with E-state index in [1.807, 2.05) is 0 Å². The standard InChI is InChI=1S/C9H12FN3O/c1-13(2)7-5-3-4-6(8(7)10)12-9(11)14/h3-5H,1-2H3,(H3,11,12,14). The average molecular weight is 197 g/mol. The van der Waals surface area contributed by atoms with Crippen LogP contribution in [0, 0.1) is 5.82 Å². The molecule has 0 bridgehead atoms. The van der Waals surface area contributed by atoms with Crippen molar-refractivity contribution in [1.29, 1.82) is 0 Å². The molecule has 0 aliphatic carbocycles. The lowest BCUT2D eigenvalue weighted by Gasteiger charge is -2.15. The molecule has 1 aromatic carbocycles.